The Morgan fingerprint density at radius 3 is 2.35 bits per heavy atom. The van der Waals surface area contributed by atoms with Crippen molar-refractivity contribution in [3.63, 3.8) is 0 Å². The van der Waals surface area contributed by atoms with E-state index in [4.69, 9.17) is 4.74 Å². The van der Waals surface area contributed by atoms with Crippen LogP contribution in [0.25, 0.3) is 0 Å². The fourth-order valence-corrected chi connectivity index (χ4v) is 4.33. The van der Waals surface area contributed by atoms with E-state index < -0.39 is 11.6 Å². The Hall–Kier alpha value is -3.41. The lowest BCUT2D eigenvalue weighted by molar-refractivity contribution is -0.115. The van der Waals surface area contributed by atoms with Gasteiger partial charge in [-0.25, -0.2) is 8.78 Å². The summed E-state index contributed by atoms with van der Waals surface area (Å²) in [6.07, 6.45) is 1.89. The van der Waals surface area contributed by atoms with Crippen molar-refractivity contribution in [2.75, 3.05) is 29.9 Å². The Morgan fingerprint density at radius 1 is 1.00 bits per heavy atom. The summed E-state index contributed by atoms with van der Waals surface area (Å²) in [7, 11) is 0. The highest BCUT2D eigenvalue weighted by atomic mass is 19.1. The molecule has 4 nitrogen and oxygen atoms in total. The van der Waals surface area contributed by atoms with Gasteiger partial charge in [0.05, 0.1) is 13.0 Å². The minimum Gasteiger partial charge on any atom is -0.493 e. The molecule has 0 atom stereocenters. The van der Waals surface area contributed by atoms with Gasteiger partial charge in [-0.3, -0.25) is 4.79 Å². The number of ether oxygens (including phenoxy) is 1. The van der Waals surface area contributed by atoms with Crippen LogP contribution in [0.1, 0.15) is 29.5 Å². The number of rotatable bonds is 7. The summed E-state index contributed by atoms with van der Waals surface area (Å²) >= 11 is 0. The number of carbonyl (C=O) groups excluding carboxylic acids is 1. The molecule has 1 heterocycles. The fraction of sp³-hybridized carbons (Fsp3) is 0.321. The maximum atomic E-state index is 14.3. The first kappa shape index (κ1) is 23.7. The third kappa shape index (κ3) is 5.93. The van der Waals surface area contributed by atoms with Crippen molar-refractivity contribution in [1.29, 1.82) is 0 Å². The standard InChI is InChI=1S/C28H30F2N2O2/c1-19-14-24(29)28(25(30)15-19)32-12-10-22(11-13-32)18-34-23-9-8-20(2)26(17-23)31-27(33)16-21-6-4-3-5-7-21/h3-9,14-15,17,22H,10-13,16,18H2,1-2H3,(H,31,33). The molecule has 1 saturated heterocycles. The fourth-order valence-electron chi connectivity index (χ4n) is 4.33. The summed E-state index contributed by atoms with van der Waals surface area (Å²) in [6.45, 7) is 5.32. The molecule has 6 heteroatoms. The highest BCUT2D eigenvalue weighted by Crippen LogP contribution is 2.30. The lowest BCUT2D eigenvalue weighted by Gasteiger charge is -2.34. The molecule has 178 valence electrons. The highest BCUT2D eigenvalue weighted by Gasteiger charge is 2.24. The lowest BCUT2D eigenvalue weighted by atomic mass is 9.97. The number of amides is 1. The summed E-state index contributed by atoms with van der Waals surface area (Å²) in [5.74, 6) is -0.0966. The van der Waals surface area contributed by atoms with E-state index in [1.165, 1.54) is 12.1 Å². The van der Waals surface area contributed by atoms with E-state index in [1.54, 1.807) is 11.8 Å². The molecule has 3 aromatic carbocycles. The molecule has 0 aliphatic carbocycles. The number of halogens is 2. The van der Waals surface area contributed by atoms with E-state index in [2.05, 4.69) is 5.32 Å². The molecule has 4 rings (SSSR count). The van der Waals surface area contributed by atoms with Crippen LogP contribution in [-0.4, -0.2) is 25.6 Å². The van der Waals surface area contributed by atoms with E-state index in [0.717, 1.165) is 29.7 Å². The first-order valence-corrected chi connectivity index (χ1v) is 11.7. The van der Waals surface area contributed by atoms with Crippen LogP contribution in [0.5, 0.6) is 5.75 Å². The Kier molecular flexibility index (Phi) is 7.46. The van der Waals surface area contributed by atoms with Crippen LogP contribution in [0, 0.1) is 31.4 Å². The van der Waals surface area contributed by atoms with Gasteiger partial charge in [0, 0.05) is 24.8 Å². The van der Waals surface area contributed by atoms with Crippen molar-refractivity contribution < 1.29 is 18.3 Å². The van der Waals surface area contributed by atoms with Crippen molar-refractivity contribution in [2.45, 2.75) is 33.1 Å². The maximum Gasteiger partial charge on any atom is 0.228 e. The summed E-state index contributed by atoms with van der Waals surface area (Å²) in [5.41, 5.74) is 3.31. The minimum atomic E-state index is -0.506. The number of nitrogens with one attached hydrogen (secondary N) is 1. The van der Waals surface area contributed by atoms with Crippen molar-refractivity contribution in [3.8, 4) is 5.75 Å². The van der Waals surface area contributed by atoms with Gasteiger partial charge in [-0.05, 0) is 67.5 Å². The first-order chi connectivity index (χ1) is 16.4. The zero-order chi connectivity index (χ0) is 24.1. The largest absolute Gasteiger partial charge is 0.493 e. The Morgan fingerprint density at radius 2 is 1.68 bits per heavy atom. The first-order valence-electron chi connectivity index (χ1n) is 11.7. The molecular formula is C28H30F2N2O2. The molecule has 0 bridgehead atoms. The van der Waals surface area contributed by atoms with Gasteiger partial charge in [-0.2, -0.15) is 0 Å². The zero-order valence-corrected chi connectivity index (χ0v) is 19.6. The predicted molar refractivity (Wildman–Crippen MR) is 131 cm³/mol. The molecule has 0 aromatic heterocycles. The van der Waals surface area contributed by atoms with Crippen LogP contribution < -0.4 is 15.0 Å². The van der Waals surface area contributed by atoms with Gasteiger partial charge in [0.25, 0.3) is 0 Å². The van der Waals surface area contributed by atoms with E-state index in [-0.39, 0.29) is 11.6 Å². The average molecular weight is 465 g/mol. The van der Waals surface area contributed by atoms with Gasteiger partial charge in [0.1, 0.15) is 23.1 Å². The SMILES string of the molecule is Cc1cc(F)c(N2CCC(COc3ccc(C)c(NC(=O)Cc4ccccc4)c3)CC2)c(F)c1. The van der Waals surface area contributed by atoms with Crippen molar-refractivity contribution >= 4 is 17.3 Å². The number of hydrogen-bond donors (Lipinski definition) is 1. The molecular weight excluding hydrogens is 434 g/mol. The second kappa shape index (κ2) is 10.7. The van der Waals surface area contributed by atoms with Crippen LogP contribution in [-0.2, 0) is 11.2 Å². The molecule has 1 aliphatic heterocycles. The molecule has 0 radical (unpaired) electrons. The van der Waals surface area contributed by atoms with E-state index in [9.17, 15) is 13.6 Å². The van der Waals surface area contributed by atoms with Crippen LogP contribution in [0.15, 0.2) is 60.7 Å². The second-order valence-electron chi connectivity index (χ2n) is 9.01. The minimum absolute atomic E-state index is 0.0689. The lowest BCUT2D eigenvalue weighted by Crippen LogP contribution is -2.36. The Bertz CT molecular complexity index is 1120. The Labute approximate surface area is 199 Å². The average Bonchev–Trinajstić information content (AvgIpc) is 2.80. The topological polar surface area (TPSA) is 41.6 Å². The number of anilines is 2. The number of carbonyl (C=O) groups is 1. The van der Waals surface area contributed by atoms with Crippen LogP contribution >= 0.6 is 0 Å². The number of benzene rings is 3. The number of nitrogens with zero attached hydrogens (tertiary/aromatic N) is 1. The van der Waals surface area contributed by atoms with Gasteiger partial charge in [0.2, 0.25) is 5.91 Å². The highest BCUT2D eigenvalue weighted by molar-refractivity contribution is 5.93. The van der Waals surface area contributed by atoms with Crippen LogP contribution in [0.4, 0.5) is 20.2 Å². The summed E-state index contributed by atoms with van der Waals surface area (Å²) < 4.78 is 34.6. The third-order valence-corrected chi connectivity index (χ3v) is 6.27. The summed E-state index contributed by atoms with van der Waals surface area (Å²) in [5, 5.41) is 2.98. The number of aryl methyl sites for hydroxylation is 2. The molecule has 34 heavy (non-hydrogen) atoms. The van der Waals surface area contributed by atoms with Crippen LogP contribution in [0.2, 0.25) is 0 Å². The molecule has 0 unspecified atom stereocenters. The summed E-state index contributed by atoms with van der Waals surface area (Å²) in [6, 6.07) is 18.1. The number of hydrogen-bond acceptors (Lipinski definition) is 3. The van der Waals surface area contributed by atoms with Crippen molar-refractivity contribution in [1.82, 2.24) is 0 Å². The quantitative estimate of drug-likeness (QED) is 0.462. The normalized spacial score (nSPS) is 14.2. The Balaban J connectivity index is 1.30. The molecule has 3 aromatic rings. The van der Waals surface area contributed by atoms with Crippen LogP contribution in [0.3, 0.4) is 0 Å². The van der Waals surface area contributed by atoms with Crippen molar-refractivity contribution in [3.05, 3.63) is 89.0 Å². The summed E-state index contributed by atoms with van der Waals surface area (Å²) in [4.78, 5) is 14.2. The molecule has 1 fully saturated rings. The van der Waals surface area contributed by atoms with Gasteiger partial charge in [-0.1, -0.05) is 36.4 Å². The maximum absolute atomic E-state index is 14.3. The molecule has 0 spiro atoms. The van der Waals surface area contributed by atoms with E-state index in [0.29, 0.717) is 43.3 Å². The van der Waals surface area contributed by atoms with Gasteiger partial charge in [0.15, 0.2) is 0 Å². The zero-order valence-electron chi connectivity index (χ0n) is 19.6. The monoisotopic (exact) mass is 464 g/mol. The predicted octanol–water partition coefficient (Wildman–Crippen LogP) is 6.06. The number of piperidine rings is 1. The molecule has 1 aliphatic rings. The van der Waals surface area contributed by atoms with Gasteiger partial charge >= 0.3 is 0 Å². The van der Waals surface area contributed by atoms with Crippen molar-refractivity contribution in [2.24, 2.45) is 5.92 Å². The smallest absolute Gasteiger partial charge is 0.228 e. The van der Waals surface area contributed by atoms with Gasteiger partial charge < -0.3 is 15.0 Å². The van der Waals surface area contributed by atoms with Gasteiger partial charge in [-0.15, -0.1) is 0 Å². The van der Waals surface area contributed by atoms with E-state index in [1.807, 2.05) is 55.5 Å². The third-order valence-electron chi connectivity index (χ3n) is 6.27. The molecule has 1 amide bonds. The van der Waals surface area contributed by atoms with E-state index >= 15 is 0 Å². The molecule has 1 N–H and O–H groups in total. The second-order valence-corrected chi connectivity index (χ2v) is 9.01. The molecule has 0 saturated carbocycles.